The van der Waals surface area contributed by atoms with Crippen LogP contribution in [-0.2, 0) is 9.59 Å². The maximum absolute atomic E-state index is 11.6. The van der Waals surface area contributed by atoms with Gasteiger partial charge in [0.05, 0.1) is 5.92 Å². The maximum atomic E-state index is 11.6. The van der Waals surface area contributed by atoms with E-state index in [1.807, 2.05) is 31.2 Å². The first-order chi connectivity index (χ1) is 7.16. The van der Waals surface area contributed by atoms with Crippen LogP contribution < -0.4 is 5.32 Å². The first kappa shape index (κ1) is 9.90. The van der Waals surface area contributed by atoms with Gasteiger partial charge in [-0.3, -0.25) is 14.9 Å². The van der Waals surface area contributed by atoms with E-state index in [-0.39, 0.29) is 17.7 Å². The van der Waals surface area contributed by atoms with Crippen molar-refractivity contribution in [3.05, 3.63) is 35.4 Å². The Morgan fingerprint density at radius 2 is 1.87 bits per heavy atom. The summed E-state index contributed by atoms with van der Waals surface area (Å²) in [5, 5.41) is 2.36. The first-order valence-corrected chi connectivity index (χ1v) is 5.07. The maximum Gasteiger partial charge on any atom is 0.234 e. The van der Waals surface area contributed by atoms with Crippen LogP contribution in [0.5, 0.6) is 0 Å². The number of carbonyl (C=O) groups excluding carboxylic acids is 2. The van der Waals surface area contributed by atoms with Crippen molar-refractivity contribution in [2.45, 2.75) is 25.7 Å². The predicted octanol–water partition coefficient (Wildman–Crippen LogP) is 1.52. The van der Waals surface area contributed by atoms with E-state index in [9.17, 15) is 9.59 Å². The smallest absolute Gasteiger partial charge is 0.234 e. The number of hydrogen-bond donors (Lipinski definition) is 1. The Morgan fingerprint density at radius 1 is 1.20 bits per heavy atom. The van der Waals surface area contributed by atoms with Crippen LogP contribution in [0.2, 0.25) is 0 Å². The van der Waals surface area contributed by atoms with Gasteiger partial charge in [0.25, 0.3) is 0 Å². The fourth-order valence-corrected chi connectivity index (χ4v) is 1.81. The molecule has 3 nitrogen and oxygen atoms in total. The molecule has 1 aliphatic rings. The molecule has 1 heterocycles. The van der Waals surface area contributed by atoms with Crippen LogP contribution in [0.15, 0.2) is 24.3 Å². The summed E-state index contributed by atoms with van der Waals surface area (Å²) >= 11 is 0. The average Bonchev–Trinajstić information content (AvgIpc) is 2.20. The Bertz CT molecular complexity index is 395. The molecule has 0 spiro atoms. The summed E-state index contributed by atoms with van der Waals surface area (Å²) in [4.78, 5) is 22.5. The van der Waals surface area contributed by atoms with E-state index >= 15 is 0 Å². The van der Waals surface area contributed by atoms with Crippen molar-refractivity contribution in [3.8, 4) is 0 Å². The van der Waals surface area contributed by atoms with E-state index in [0.29, 0.717) is 12.8 Å². The molecule has 1 fully saturated rings. The van der Waals surface area contributed by atoms with Gasteiger partial charge < -0.3 is 0 Å². The van der Waals surface area contributed by atoms with E-state index in [1.54, 1.807) is 0 Å². The van der Waals surface area contributed by atoms with Crippen LogP contribution in [0, 0.1) is 6.92 Å². The molecule has 1 aromatic carbocycles. The van der Waals surface area contributed by atoms with Crippen molar-refractivity contribution in [1.29, 1.82) is 0 Å². The zero-order chi connectivity index (χ0) is 10.8. The summed E-state index contributed by atoms with van der Waals surface area (Å²) in [6.45, 7) is 2.01. The van der Waals surface area contributed by atoms with Crippen LogP contribution in [0.3, 0.4) is 0 Å². The van der Waals surface area contributed by atoms with Gasteiger partial charge in [-0.15, -0.1) is 0 Å². The number of piperidine rings is 1. The van der Waals surface area contributed by atoms with Crippen molar-refractivity contribution >= 4 is 11.8 Å². The number of hydrogen-bond acceptors (Lipinski definition) is 2. The van der Waals surface area contributed by atoms with E-state index < -0.39 is 0 Å². The van der Waals surface area contributed by atoms with Gasteiger partial charge in [0.1, 0.15) is 0 Å². The zero-order valence-electron chi connectivity index (χ0n) is 8.62. The molecular weight excluding hydrogens is 190 g/mol. The molecule has 0 unspecified atom stereocenters. The molecule has 2 rings (SSSR count). The standard InChI is InChI=1S/C12H13NO2/c1-8-2-4-9(5-3-8)10-6-7-11(14)13-12(10)15/h2-5,10H,6-7H2,1H3,(H,13,14,15)/t10-/m0/s1. The zero-order valence-corrected chi connectivity index (χ0v) is 8.62. The second-order valence-corrected chi connectivity index (χ2v) is 3.91. The summed E-state index contributed by atoms with van der Waals surface area (Å²) < 4.78 is 0. The van der Waals surface area contributed by atoms with Gasteiger partial charge in [-0.1, -0.05) is 29.8 Å². The molecule has 0 saturated carbocycles. The molecule has 0 aromatic heterocycles. The van der Waals surface area contributed by atoms with E-state index in [2.05, 4.69) is 5.32 Å². The number of carbonyl (C=O) groups is 2. The molecule has 0 radical (unpaired) electrons. The molecule has 3 heteroatoms. The highest BCUT2D eigenvalue weighted by atomic mass is 16.2. The monoisotopic (exact) mass is 203 g/mol. The Labute approximate surface area is 88.5 Å². The Kier molecular flexibility index (Phi) is 2.54. The summed E-state index contributed by atoms with van der Waals surface area (Å²) in [6.07, 6.45) is 1.05. The third-order valence-electron chi connectivity index (χ3n) is 2.72. The molecule has 78 valence electrons. The largest absolute Gasteiger partial charge is 0.296 e. The third-order valence-corrected chi connectivity index (χ3v) is 2.72. The fraction of sp³-hybridized carbons (Fsp3) is 0.333. The minimum absolute atomic E-state index is 0.164. The number of imide groups is 1. The van der Waals surface area contributed by atoms with Crippen molar-refractivity contribution in [3.63, 3.8) is 0 Å². The summed E-state index contributed by atoms with van der Waals surface area (Å²) in [7, 11) is 0. The normalized spacial score (nSPS) is 21.3. The van der Waals surface area contributed by atoms with E-state index in [1.165, 1.54) is 5.56 Å². The van der Waals surface area contributed by atoms with E-state index in [0.717, 1.165) is 5.56 Å². The molecule has 1 N–H and O–H groups in total. The second-order valence-electron chi connectivity index (χ2n) is 3.91. The van der Waals surface area contributed by atoms with Gasteiger partial charge in [0, 0.05) is 6.42 Å². The average molecular weight is 203 g/mol. The molecule has 1 aromatic rings. The predicted molar refractivity (Wildman–Crippen MR) is 56.3 cm³/mol. The van der Waals surface area contributed by atoms with Gasteiger partial charge in [-0.05, 0) is 18.9 Å². The third kappa shape index (κ3) is 2.06. The Morgan fingerprint density at radius 3 is 2.47 bits per heavy atom. The quantitative estimate of drug-likeness (QED) is 0.703. The number of amides is 2. The highest BCUT2D eigenvalue weighted by Crippen LogP contribution is 2.24. The fourth-order valence-electron chi connectivity index (χ4n) is 1.81. The van der Waals surface area contributed by atoms with Crippen LogP contribution in [0.25, 0.3) is 0 Å². The molecular formula is C12H13NO2. The highest BCUT2D eigenvalue weighted by Gasteiger charge is 2.27. The molecule has 0 bridgehead atoms. The molecule has 1 saturated heterocycles. The summed E-state index contributed by atoms with van der Waals surface area (Å²) in [6, 6.07) is 7.88. The van der Waals surface area contributed by atoms with Crippen molar-refractivity contribution < 1.29 is 9.59 Å². The second kappa shape index (κ2) is 3.85. The Balaban J connectivity index is 2.20. The minimum atomic E-state index is -0.171. The van der Waals surface area contributed by atoms with Gasteiger partial charge >= 0.3 is 0 Å². The van der Waals surface area contributed by atoms with Gasteiger partial charge in [-0.2, -0.15) is 0 Å². The number of benzene rings is 1. The molecule has 1 aliphatic heterocycles. The lowest BCUT2D eigenvalue weighted by molar-refractivity contribution is -0.134. The van der Waals surface area contributed by atoms with Crippen molar-refractivity contribution in [2.24, 2.45) is 0 Å². The van der Waals surface area contributed by atoms with Gasteiger partial charge in [0.2, 0.25) is 11.8 Å². The SMILES string of the molecule is Cc1ccc([C@@H]2CCC(=O)NC2=O)cc1. The Hall–Kier alpha value is -1.64. The van der Waals surface area contributed by atoms with Crippen LogP contribution in [-0.4, -0.2) is 11.8 Å². The number of rotatable bonds is 1. The summed E-state index contributed by atoms with van der Waals surface area (Å²) in [5.74, 6) is -0.498. The summed E-state index contributed by atoms with van der Waals surface area (Å²) in [5.41, 5.74) is 2.16. The van der Waals surface area contributed by atoms with E-state index in [4.69, 9.17) is 0 Å². The van der Waals surface area contributed by atoms with Crippen molar-refractivity contribution in [1.82, 2.24) is 5.32 Å². The first-order valence-electron chi connectivity index (χ1n) is 5.07. The van der Waals surface area contributed by atoms with Gasteiger partial charge in [0.15, 0.2) is 0 Å². The highest BCUT2D eigenvalue weighted by molar-refractivity contribution is 6.00. The molecule has 15 heavy (non-hydrogen) atoms. The topological polar surface area (TPSA) is 46.2 Å². The minimum Gasteiger partial charge on any atom is -0.296 e. The van der Waals surface area contributed by atoms with Crippen LogP contribution in [0.1, 0.15) is 29.9 Å². The lowest BCUT2D eigenvalue weighted by Crippen LogP contribution is -2.39. The van der Waals surface area contributed by atoms with Crippen molar-refractivity contribution in [2.75, 3.05) is 0 Å². The van der Waals surface area contributed by atoms with Crippen LogP contribution in [0.4, 0.5) is 0 Å². The molecule has 2 amide bonds. The lowest BCUT2D eigenvalue weighted by Gasteiger charge is -2.21. The molecule has 0 aliphatic carbocycles. The molecule has 1 atom stereocenters. The number of aryl methyl sites for hydroxylation is 1. The number of nitrogens with one attached hydrogen (secondary N) is 1. The lowest BCUT2D eigenvalue weighted by atomic mass is 9.90. The van der Waals surface area contributed by atoms with Crippen LogP contribution >= 0.6 is 0 Å². The van der Waals surface area contributed by atoms with Gasteiger partial charge in [-0.25, -0.2) is 0 Å².